The number of hydrogen-bond acceptors (Lipinski definition) is 5. The topological polar surface area (TPSA) is 75.3 Å². The molecule has 2 aliphatic heterocycles. The maximum Gasteiger partial charge on any atom is 0.170 e. The molecule has 0 saturated heterocycles. The molecule has 0 amide bonds. The fraction of sp³-hybridized carbons (Fsp3) is 0.500. The summed E-state index contributed by atoms with van der Waals surface area (Å²) < 4.78 is 0. The summed E-state index contributed by atoms with van der Waals surface area (Å²) in [4.78, 5) is 9.75. The van der Waals surface area contributed by atoms with Gasteiger partial charge in [0.2, 0.25) is 0 Å². The SMILES string of the molecule is CN1C=NC2N=CN(O)C(=N)C21. The quantitative estimate of drug-likeness (QED) is 0.504. The Morgan fingerprint density at radius 1 is 1.50 bits per heavy atom. The van der Waals surface area contributed by atoms with E-state index in [0.717, 1.165) is 0 Å². The summed E-state index contributed by atoms with van der Waals surface area (Å²) in [5, 5.41) is 17.4. The Balaban J connectivity index is 2.31. The van der Waals surface area contributed by atoms with E-state index in [-0.39, 0.29) is 18.0 Å². The van der Waals surface area contributed by atoms with E-state index in [1.54, 1.807) is 18.3 Å². The molecular formula is C6H9N5O. The minimum absolute atomic E-state index is 0.106. The largest absolute Gasteiger partial charge is 0.352 e. The van der Waals surface area contributed by atoms with Crippen LogP contribution in [0.5, 0.6) is 0 Å². The van der Waals surface area contributed by atoms with Crippen LogP contribution < -0.4 is 0 Å². The lowest BCUT2D eigenvalue weighted by molar-refractivity contribution is 0.0558. The second-order valence-corrected chi connectivity index (χ2v) is 2.78. The van der Waals surface area contributed by atoms with Gasteiger partial charge in [0.1, 0.15) is 12.4 Å². The summed E-state index contributed by atoms with van der Waals surface area (Å²) in [6, 6.07) is -0.250. The Labute approximate surface area is 69.3 Å². The number of hydrogen-bond donors (Lipinski definition) is 2. The number of nitrogens with one attached hydrogen (secondary N) is 1. The van der Waals surface area contributed by atoms with E-state index in [1.165, 1.54) is 6.34 Å². The van der Waals surface area contributed by atoms with Crippen molar-refractivity contribution in [3.8, 4) is 0 Å². The molecule has 2 aliphatic rings. The van der Waals surface area contributed by atoms with Crippen molar-refractivity contribution in [1.82, 2.24) is 9.96 Å². The van der Waals surface area contributed by atoms with Crippen molar-refractivity contribution >= 4 is 18.5 Å². The minimum atomic E-state index is -0.258. The number of likely N-dealkylation sites (N-methyl/N-ethyl adjacent to an activating group) is 1. The summed E-state index contributed by atoms with van der Waals surface area (Å²) in [5.41, 5.74) is 0. The molecule has 0 spiro atoms. The third-order valence-corrected chi connectivity index (χ3v) is 1.98. The second-order valence-electron chi connectivity index (χ2n) is 2.78. The number of nitrogens with zero attached hydrogens (tertiary/aromatic N) is 4. The van der Waals surface area contributed by atoms with Gasteiger partial charge in [0.05, 0.1) is 6.34 Å². The molecular weight excluding hydrogens is 158 g/mol. The van der Waals surface area contributed by atoms with Gasteiger partial charge in [0, 0.05) is 7.05 Å². The molecule has 2 unspecified atom stereocenters. The zero-order valence-electron chi connectivity index (χ0n) is 6.55. The lowest BCUT2D eigenvalue weighted by Gasteiger charge is -2.29. The fourth-order valence-electron chi connectivity index (χ4n) is 1.32. The molecule has 2 atom stereocenters. The smallest absolute Gasteiger partial charge is 0.170 e. The van der Waals surface area contributed by atoms with Crippen molar-refractivity contribution < 1.29 is 5.21 Å². The van der Waals surface area contributed by atoms with Crippen LogP contribution >= 0.6 is 0 Å². The van der Waals surface area contributed by atoms with Crippen LogP contribution in [0.2, 0.25) is 0 Å². The van der Waals surface area contributed by atoms with Crippen LogP contribution in [-0.2, 0) is 0 Å². The van der Waals surface area contributed by atoms with Crippen LogP contribution in [0, 0.1) is 5.41 Å². The molecule has 0 radical (unpaired) electrons. The highest BCUT2D eigenvalue weighted by Crippen LogP contribution is 2.17. The fourth-order valence-corrected chi connectivity index (χ4v) is 1.32. The predicted molar refractivity (Wildman–Crippen MR) is 43.7 cm³/mol. The van der Waals surface area contributed by atoms with Gasteiger partial charge < -0.3 is 4.90 Å². The summed E-state index contributed by atoms with van der Waals surface area (Å²) in [6.45, 7) is 0. The summed E-state index contributed by atoms with van der Waals surface area (Å²) in [7, 11) is 1.80. The highest BCUT2D eigenvalue weighted by atomic mass is 16.5. The van der Waals surface area contributed by atoms with Gasteiger partial charge in [-0.05, 0) is 0 Å². The third kappa shape index (κ3) is 0.814. The monoisotopic (exact) mass is 167 g/mol. The summed E-state index contributed by atoms with van der Waals surface area (Å²) in [6.07, 6.45) is 2.58. The first kappa shape index (κ1) is 7.23. The van der Waals surface area contributed by atoms with Gasteiger partial charge in [-0.2, -0.15) is 5.06 Å². The normalized spacial score (nSPS) is 33.0. The molecule has 0 aromatic heterocycles. The molecule has 12 heavy (non-hydrogen) atoms. The second kappa shape index (κ2) is 2.28. The van der Waals surface area contributed by atoms with Crippen LogP contribution in [0.4, 0.5) is 0 Å². The number of aliphatic imine (C=N–C) groups is 2. The Morgan fingerprint density at radius 3 is 2.92 bits per heavy atom. The molecule has 0 aromatic carbocycles. The number of fused-ring (bicyclic) bond motifs is 1. The minimum Gasteiger partial charge on any atom is -0.352 e. The molecule has 0 aromatic rings. The van der Waals surface area contributed by atoms with Gasteiger partial charge in [0.15, 0.2) is 12.0 Å². The molecule has 2 N–H and O–H groups in total. The molecule has 6 heteroatoms. The highest BCUT2D eigenvalue weighted by Gasteiger charge is 2.36. The maximum absolute atomic E-state index is 9.12. The van der Waals surface area contributed by atoms with Gasteiger partial charge in [-0.25, -0.2) is 9.98 Å². The number of rotatable bonds is 0. The van der Waals surface area contributed by atoms with Gasteiger partial charge in [0.25, 0.3) is 0 Å². The van der Waals surface area contributed by atoms with E-state index in [9.17, 15) is 0 Å². The van der Waals surface area contributed by atoms with Crippen molar-refractivity contribution in [3.05, 3.63) is 0 Å². The molecule has 0 fully saturated rings. The molecule has 0 bridgehead atoms. The van der Waals surface area contributed by atoms with Crippen molar-refractivity contribution in [1.29, 1.82) is 5.41 Å². The van der Waals surface area contributed by atoms with Crippen LogP contribution in [0.15, 0.2) is 9.98 Å². The lowest BCUT2D eigenvalue weighted by Crippen LogP contribution is -2.50. The lowest BCUT2D eigenvalue weighted by atomic mass is 10.2. The molecule has 2 rings (SSSR count). The first-order valence-electron chi connectivity index (χ1n) is 3.55. The predicted octanol–water partition coefficient (Wildman–Crippen LogP) is -0.635. The van der Waals surface area contributed by atoms with E-state index in [2.05, 4.69) is 9.98 Å². The van der Waals surface area contributed by atoms with E-state index >= 15 is 0 Å². The average Bonchev–Trinajstić information content (AvgIpc) is 2.41. The Hall–Kier alpha value is -1.43. The molecule has 2 heterocycles. The first-order chi connectivity index (χ1) is 5.70. The van der Waals surface area contributed by atoms with Crippen LogP contribution in [-0.4, -0.2) is 52.9 Å². The first-order valence-corrected chi connectivity index (χ1v) is 3.55. The van der Waals surface area contributed by atoms with Gasteiger partial charge in [-0.1, -0.05) is 0 Å². The zero-order chi connectivity index (χ0) is 8.72. The van der Waals surface area contributed by atoms with Crippen LogP contribution in [0.25, 0.3) is 0 Å². The zero-order valence-corrected chi connectivity index (χ0v) is 6.55. The molecule has 6 nitrogen and oxygen atoms in total. The molecule has 0 aliphatic carbocycles. The standard InChI is InChI=1S/C6H9N5O/c1-10-2-8-6-4(10)5(7)11(12)3-9-6/h2-4,6-7,12H,1H3. The third-order valence-electron chi connectivity index (χ3n) is 1.98. The summed E-state index contributed by atoms with van der Waals surface area (Å²) in [5.74, 6) is 0.106. The highest BCUT2D eigenvalue weighted by molar-refractivity contribution is 5.96. The van der Waals surface area contributed by atoms with Crippen molar-refractivity contribution in [2.75, 3.05) is 7.05 Å². The summed E-state index contributed by atoms with van der Waals surface area (Å²) >= 11 is 0. The van der Waals surface area contributed by atoms with Gasteiger partial charge >= 0.3 is 0 Å². The van der Waals surface area contributed by atoms with Gasteiger partial charge in [-0.3, -0.25) is 10.6 Å². The van der Waals surface area contributed by atoms with E-state index in [0.29, 0.717) is 5.06 Å². The number of hydroxylamine groups is 2. The van der Waals surface area contributed by atoms with Gasteiger partial charge in [-0.15, -0.1) is 0 Å². The van der Waals surface area contributed by atoms with E-state index in [4.69, 9.17) is 10.6 Å². The van der Waals surface area contributed by atoms with E-state index in [1.807, 2.05) is 0 Å². The van der Waals surface area contributed by atoms with Crippen LogP contribution in [0.1, 0.15) is 0 Å². The Bertz CT molecular complexity index is 273. The Morgan fingerprint density at radius 2 is 2.17 bits per heavy atom. The van der Waals surface area contributed by atoms with Crippen molar-refractivity contribution in [2.45, 2.75) is 12.2 Å². The van der Waals surface area contributed by atoms with Crippen molar-refractivity contribution in [3.63, 3.8) is 0 Å². The molecule has 64 valence electrons. The van der Waals surface area contributed by atoms with Crippen LogP contribution in [0.3, 0.4) is 0 Å². The molecule has 0 saturated carbocycles. The number of amidine groups is 1. The average molecular weight is 167 g/mol. The maximum atomic E-state index is 9.12. The Kier molecular flexibility index (Phi) is 1.37. The van der Waals surface area contributed by atoms with Crippen molar-refractivity contribution in [2.24, 2.45) is 9.98 Å². The van der Waals surface area contributed by atoms with E-state index < -0.39 is 0 Å².